The summed E-state index contributed by atoms with van der Waals surface area (Å²) in [6, 6.07) is 0.753. The number of anilines is 2. The number of nitrogens with one attached hydrogen (secondary N) is 2. The molecular weight excluding hydrogens is 254 g/mol. The lowest BCUT2D eigenvalue weighted by molar-refractivity contribution is 0.312. The Kier molecular flexibility index (Phi) is 5.38. The fourth-order valence-corrected chi connectivity index (χ4v) is 2.63. The van der Waals surface area contributed by atoms with E-state index in [2.05, 4.69) is 32.5 Å². The predicted octanol–water partition coefficient (Wildman–Crippen LogP) is 2.69. The average molecular weight is 279 g/mol. The van der Waals surface area contributed by atoms with Gasteiger partial charge in [-0.2, -0.15) is 15.0 Å². The summed E-state index contributed by atoms with van der Waals surface area (Å²) in [5.41, 5.74) is 0. The molecule has 112 valence electrons. The van der Waals surface area contributed by atoms with Crippen molar-refractivity contribution < 1.29 is 4.74 Å². The van der Waals surface area contributed by atoms with Gasteiger partial charge in [0.2, 0.25) is 11.9 Å². The Hall–Kier alpha value is -1.59. The fourth-order valence-electron chi connectivity index (χ4n) is 2.63. The SMILES string of the molecule is CCNc1nc(NC(C)C2CCCC2)nc(OCC)n1. The lowest BCUT2D eigenvalue weighted by Crippen LogP contribution is -2.25. The van der Waals surface area contributed by atoms with Crippen LogP contribution in [0.15, 0.2) is 0 Å². The molecule has 1 aliphatic carbocycles. The molecule has 2 rings (SSSR count). The van der Waals surface area contributed by atoms with Gasteiger partial charge in [-0.25, -0.2) is 0 Å². The Balaban J connectivity index is 2.07. The Morgan fingerprint density at radius 3 is 2.50 bits per heavy atom. The van der Waals surface area contributed by atoms with Crippen molar-refractivity contribution >= 4 is 11.9 Å². The third-order valence-corrected chi connectivity index (χ3v) is 3.69. The van der Waals surface area contributed by atoms with Crippen molar-refractivity contribution in [3.8, 4) is 6.01 Å². The fraction of sp³-hybridized carbons (Fsp3) is 0.786. The monoisotopic (exact) mass is 279 g/mol. The maximum atomic E-state index is 5.40. The first-order chi connectivity index (χ1) is 9.72. The first-order valence-corrected chi connectivity index (χ1v) is 7.62. The number of rotatable bonds is 7. The van der Waals surface area contributed by atoms with Gasteiger partial charge in [0.25, 0.3) is 0 Å². The van der Waals surface area contributed by atoms with E-state index in [4.69, 9.17) is 4.74 Å². The molecule has 0 aromatic carbocycles. The van der Waals surface area contributed by atoms with Gasteiger partial charge in [0.15, 0.2) is 0 Å². The van der Waals surface area contributed by atoms with Crippen molar-refractivity contribution in [1.82, 2.24) is 15.0 Å². The van der Waals surface area contributed by atoms with Crippen LogP contribution in [0, 0.1) is 5.92 Å². The largest absolute Gasteiger partial charge is 0.464 e. The average Bonchev–Trinajstić information content (AvgIpc) is 2.93. The molecule has 1 aromatic heterocycles. The Morgan fingerprint density at radius 1 is 1.15 bits per heavy atom. The van der Waals surface area contributed by atoms with Crippen molar-refractivity contribution in [2.24, 2.45) is 5.92 Å². The molecule has 0 spiro atoms. The maximum Gasteiger partial charge on any atom is 0.323 e. The molecule has 1 unspecified atom stereocenters. The van der Waals surface area contributed by atoms with Crippen LogP contribution in [0.4, 0.5) is 11.9 Å². The number of hydrogen-bond donors (Lipinski definition) is 2. The zero-order chi connectivity index (χ0) is 14.4. The molecule has 6 heteroatoms. The first-order valence-electron chi connectivity index (χ1n) is 7.62. The van der Waals surface area contributed by atoms with E-state index >= 15 is 0 Å². The van der Waals surface area contributed by atoms with Gasteiger partial charge >= 0.3 is 6.01 Å². The third-order valence-electron chi connectivity index (χ3n) is 3.69. The van der Waals surface area contributed by atoms with Gasteiger partial charge in [-0.15, -0.1) is 0 Å². The molecule has 20 heavy (non-hydrogen) atoms. The van der Waals surface area contributed by atoms with Gasteiger partial charge in [0, 0.05) is 12.6 Å². The summed E-state index contributed by atoms with van der Waals surface area (Å²) < 4.78 is 5.40. The van der Waals surface area contributed by atoms with Crippen LogP contribution in [0.3, 0.4) is 0 Å². The molecule has 1 aromatic rings. The highest BCUT2D eigenvalue weighted by Crippen LogP contribution is 2.28. The predicted molar refractivity (Wildman–Crippen MR) is 80.2 cm³/mol. The Labute approximate surface area is 120 Å². The highest BCUT2D eigenvalue weighted by atomic mass is 16.5. The van der Waals surface area contributed by atoms with Crippen molar-refractivity contribution in [2.45, 2.75) is 52.5 Å². The molecular formula is C14H25N5O. The molecule has 0 aliphatic heterocycles. The second kappa shape index (κ2) is 7.26. The molecule has 2 N–H and O–H groups in total. The second-order valence-electron chi connectivity index (χ2n) is 5.21. The summed E-state index contributed by atoms with van der Waals surface area (Å²) in [5, 5.41) is 6.51. The lowest BCUT2D eigenvalue weighted by atomic mass is 10.0. The summed E-state index contributed by atoms with van der Waals surface area (Å²) in [6.07, 6.45) is 5.25. The molecule has 0 saturated heterocycles. The van der Waals surface area contributed by atoms with Crippen molar-refractivity contribution in [3.05, 3.63) is 0 Å². The number of ether oxygens (including phenoxy) is 1. The molecule has 1 heterocycles. The minimum atomic E-state index is 0.375. The van der Waals surface area contributed by atoms with Crippen LogP contribution >= 0.6 is 0 Å². The van der Waals surface area contributed by atoms with Gasteiger partial charge in [0.1, 0.15) is 0 Å². The number of aromatic nitrogens is 3. The van der Waals surface area contributed by atoms with Gasteiger partial charge in [-0.3, -0.25) is 0 Å². The smallest absolute Gasteiger partial charge is 0.323 e. The van der Waals surface area contributed by atoms with E-state index in [1.54, 1.807) is 0 Å². The highest BCUT2D eigenvalue weighted by molar-refractivity contribution is 5.36. The van der Waals surface area contributed by atoms with Crippen LogP contribution in [0.25, 0.3) is 0 Å². The van der Waals surface area contributed by atoms with E-state index in [9.17, 15) is 0 Å². The van der Waals surface area contributed by atoms with Crippen molar-refractivity contribution in [1.29, 1.82) is 0 Å². The molecule has 6 nitrogen and oxygen atoms in total. The van der Waals surface area contributed by atoms with Gasteiger partial charge in [-0.1, -0.05) is 12.8 Å². The zero-order valence-corrected chi connectivity index (χ0v) is 12.6. The Morgan fingerprint density at radius 2 is 1.85 bits per heavy atom. The molecule has 0 amide bonds. The van der Waals surface area contributed by atoms with Gasteiger partial charge in [-0.05, 0) is 39.5 Å². The van der Waals surface area contributed by atoms with Crippen LogP contribution in [0.5, 0.6) is 6.01 Å². The number of nitrogens with zero attached hydrogens (tertiary/aromatic N) is 3. The third kappa shape index (κ3) is 3.95. The first kappa shape index (κ1) is 14.8. The summed E-state index contributed by atoms with van der Waals surface area (Å²) in [6.45, 7) is 7.46. The Bertz CT molecular complexity index is 396. The summed E-state index contributed by atoms with van der Waals surface area (Å²) >= 11 is 0. The topological polar surface area (TPSA) is 72.0 Å². The molecule has 1 saturated carbocycles. The molecule has 0 bridgehead atoms. The standard InChI is InChI=1S/C14H25N5O/c1-4-15-12-17-13(19-14(18-12)20-5-2)16-10(3)11-8-6-7-9-11/h10-11H,4-9H2,1-3H3,(H2,15,16,17,18,19). The van der Waals surface area contributed by atoms with Gasteiger partial charge in [0.05, 0.1) is 6.61 Å². The summed E-state index contributed by atoms with van der Waals surface area (Å²) in [7, 11) is 0. The summed E-state index contributed by atoms with van der Waals surface area (Å²) in [5.74, 6) is 1.87. The van der Waals surface area contributed by atoms with E-state index in [0.29, 0.717) is 36.5 Å². The van der Waals surface area contributed by atoms with Crippen LogP contribution in [0.2, 0.25) is 0 Å². The minimum Gasteiger partial charge on any atom is -0.464 e. The van der Waals surface area contributed by atoms with Gasteiger partial charge < -0.3 is 15.4 Å². The summed E-state index contributed by atoms with van der Waals surface area (Å²) in [4.78, 5) is 12.9. The highest BCUT2D eigenvalue weighted by Gasteiger charge is 2.22. The van der Waals surface area contributed by atoms with Crippen LogP contribution in [-0.4, -0.2) is 34.1 Å². The maximum absolute atomic E-state index is 5.40. The molecule has 0 radical (unpaired) electrons. The quantitative estimate of drug-likeness (QED) is 0.799. The van der Waals surface area contributed by atoms with Crippen LogP contribution in [0.1, 0.15) is 46.5 Å². The molecule has 1 aliphatic rings. The molecule has 1 fully saturated rings. The van der Waals surface area contributed by atoms with Crippen molar-refractivity contribution in [2.75, 3.05) is 23.8 Å². The van der Waals surface area contributed by atoms with Crippen LogP contribution in [-0.2, 0) is 0 Å². The number of hydrogen-bond acceptors (Lipinski definition) is 6. The van der Waals surface area contributed by atoms with E-state index in [0.717, 1.165) is 6.54 Å². The normalized spacial score (nSPS) is 16.9. The second-order valence-corrected chi connectivity index (χ2v) is 5.21. The lowest BCUT2D eigenvalue weighted by Gasteiger charge is -2.20. The van der Waals surface area contributed by atoms with E-state index in [1.165, 1.54) is 25.7 Å². The van der Waals surface area contributed by atoms with E-state index in [1.807, 2.05) is 13.8 Å². The van der Waals surface area contributed by atoms with E-state index < -0.39 is 0 Å². The van der Waals surface area contributed by atoms with Crippen LogP contribution < -0.4 is 15.4 Å². The minimum absolute atomic E-state index is 0.375. The van der Waals surface area contributed by atoms with E-state index in [-0.39, 0.29) is 0 Å². The van der Waals surface area contributed by atoms with Crippen molar-refractivity contribution in [3.63, 3.8) is 0 Å². The zero-order valence-electron chi connectivity index (χ0n) is 12.6. The molecule has 1 atom stereocenters.